The quantitative estimate of drug-likeness (QED) is 0.0200. The summed E-state index contributed by atoms with van der Waals surface area (Å²) >= 11 is 5.99. The van der Waals surface area contributed by atoms with E-state index in [2.05, 4.69) is 120 Å². The predicted molar refractivity (Wildman–Crippen MR) is 478 cm³/mol. The van der Waals surface area contributed by atoms with Gasteiger partial charge in [0.05, 0.1) is 108 Å². The lowest BCUT2D eigenvalue weighted by atomic mass is 9.64. The number of carbonyl (C=O) groups is 4. The van der Waals surface area contributed by atoms with Crippen molar-refractivity contribution in [2.75, 3.05) is 113 Å². The zero-order chi connectivity index (χ0) is 86.8. The molecular weight excluding hydrogens is 1580 g/mol. The highest BCUT2D eigenvalue weighted by Gasteiger charge is 2.50. The van der Waals surface area contributed by atoms with Gasteiger partial charge in [0, 0.05) is 114 Å². The van der Waals surface area contributed by atoms with Crippen molar-refractivity contribution >= 4 is 104 Å². The number of aliphatic carboxylic acids is 4. The zero-order valence-corrected chi connectivity index (χ0v) is 72.2. The average Bonchev–Trinajstić information content (AvgIpc) is 1.36. The number of nitrogens with one attached hydrogen (secondary N) is 4. The van der Waals surface area contributed by atoms with Crippen LogP contribution in [0.15, 0.2) is 140 Å². The number of pyridine rings is 3. The molecule has 0 amide bonds. The Balaban J connectivity index is 0.000000141. The average molecular weight is 1700 g/mol. The largest absolute Gasteiger partial charge is 0.481 e. The van der Waals surface area contributed by atoms with Gasteiger partial charge in [-0.1, -0.05) is 55.5 Å². The van der Waals surface area contributed by atoms with Crippen LogP contribution in [0.3, 0.4) is 0 Å². The van der Waals surface area contributed by atoms with E-state index in [1.54, 1.807) is 55.1 Å². The van der Waals surface area contributed by atoms with Crippen LogP contribution in [-0.2, 0) is 55.0 Å². The second kappa shape index (κ2) is 40.8. The number of rotatable bonds is 31. The monoisotopic (exact) mass is 1690 g/mol. The molecule has 8 aromatic rings. The van der Waals surface area contributed by atoms with Gasteiger partial charge in [-0.25, -0.2) is 24.9 Å². The number of hydrogen-bond donors (Lipinski definition) is 8. The Kier molecular flexibility index (Phi) is 29.6. The van der Waals surface area contributed by atoms with Crippen LogP contribution in [0.2, 0.25) is 5.02 Å². The molecule has 0 radical (unpaired) electrons. The number of carboxylic acid groups (broad SMARTS) is 4. The number of anilines is 12. The topological polar surface area (TPSA) is 359 Å². The van der Waals surface area contributed by atoms with Crippen LogP contribution in [0, 0.1) is 28.6 Å². The Morgan fingerprint density at radius 1 is 0.455 bits per heavy atom. The Labute approximate surface area is 725 Å². The van der Waals surface area contributed by atoms with Crippen molar-refractivity contribution < 1.29 is 58.6 Å². The fraction of sp³-hybridized carbons (Fsp3) is 0.484. The minimum atomic E-state index is -0.828. The third-order valence-corrected chi connectivity index (χ3v) is 26.3. The van der Waals surface area contributed by atoms with Gasteiger partial charge in [0.15, 0.2) is 5.82 Å². The number of benzene rings is 4. The molecule has 0 atom stereocenters. The SMILES string of the molecule is CC(C)N(CC1CC1)c1ncc(C2(C(=O)O)CCC2)cc1Nc1ccc(C#N)cc1.CCN(c1ccc(C2(C(=O)O)CCC2)cc1Nc1ccc(C#N)cn1)C1CCOCC1.CCN(c1ccc(C2(C(=O)O)CCC2)cc1Nc1ccc(Cl)cn1)C1CCOCC1.CCOc1ncc(Nc2cc(C3(C(=O)O)CCC3)ccc2N(CC)C2CCOCC2)cn1. The lowest BCUT2D eigenvalue weighted by Crippen LogP contribution is -2.42. The van der Waals surface area contributed by atoms with E-state index in [0.717, 1.165) is 209 Å². The molecule has 28 heteroatoms. The molecule has 650 valence electrons. The smallest absolute Gasteiger partial charge is 0.316 e. The van der Waals surface area contributed by atoms with E-state index in [0.29, 0.717) is 116 Å². The van der Waals surface area contributed by atoms with Crippen molar-refractivity contribution in [3.05, 3.63) is 179 Å². The summed E-state index contributed by atoms with van der Waals surface area (Å²) in [5, 5.41) is 72.0. The molecule has 3 saturated heterocycles. The van der Waals surface area contributed by atoms with E-state index in [9.17, 15) is 39.6 Å². The first-order valence-electron chi connectivity index (χ1n) is 43.8. The molecule has 27 nitrogen and oxygen atoms in total. The highest BCUT2D eigenvalue weighted by molar-refractivity contribution is 6.30. The maximum atomic E-state index is 12.1. The summed E-state index contributed by atoms with van der Waals surface area (Å²) in [5.74, 6) is -0.162. The Morgan fingerprint density at radius 3 is 1.18 bits per heavy atom. The van der Waals surface area contributed by atoms with Gasteiger partial charge in [-0.05, 0) is 263 Å². The second-order valence-electron chi connectivity index (χ2n) is 33.6. The van der Waals surface area contributed by atoms with Gasteiger partial charge in [0.2, 0.25) is 0 Å². The summed E-state index contributed by atoms with van der Waals surface area (Å²) < 4.78 is 22.0. The van der Waals surface area contributed by atoms with Gasteiger partial charge in [-0.2, -0.15) is 10.5 Å². The molecule has 0 unspecified atom stereocenters. The van der Waals surface area contributed by atoms with Crippen LogP contribution < -0.4 is 45.6 Å². The van der Waals surface area contributed by atoms with E-state index in [-0.39, 0.29) is 6.04 Å². The summed E-state index contributed by atoms with van der Waals surface area (Å²) in [6.07, 6.45) is 25.7. The van der Waals surface area contributed by atoms with Crippen LogP contribution in [0.5, 0.6) is 6.01 Å². The normalized spacial score (nSPS) is 17.9. The molecule has 0 spiro atoms. The van der Waals surface area contributed by atoms with Crippen molar-refractivity contribution in [3.8, 4) is 18.1 Å². The molecular formula is C95H116ClN15O12. The molecule has 0 bridgehead atoms. The van der Waals surface area contributed by atoms with Crippen molar-refractivity contribution in [1.29, 1.82) is 10.5 Å². The second-order valence-corrected chi connectivity index (χ2v) is 34.1. The maximum Gasteiger partial charge on any atom is 0.316 e. The van der Waals surface area contributed by atoms with E-state index in [1.807, 2.05) is 73.7 Å². The van der Waals surface area contributed by atoms with Crippen LogP contribution in [-0.4, -0.2) is 166 Å². The lowest BCUT2D eigenvalue weighted by molar-refractivity contribution is -0.148. The molecule has 5 aliphatic carbocycles. The summed E-state index contributed by atoms with van der Waals surface area (Å²) in [4.78, 5) is 79.8. The van der Waals surface area contributed by atoms with E-state index >= 15 is 0 Å². The molecule has 8 fully saturated rings. The minimum Gasteiger partial charge on any atom is -0.481 e. The highest BCUT2D eigenvalue weighted by atomic mass is 35.5. The minimum absolute atomic E-state index is 0.280. The standard InChI is InChI=1S/C24H32N4O4.C24H28N4O3.C24H28N4O2.C23H28ClN3O3/c1-3-28(19-8-12-31-13-9-19)21-7-6-17(24(22(29)30)10-5-11-24)14-20(21)27-18-15-25-23(26-16-18)32-4-2;1-2-28(19-8-12-31-13-9-19)21-6-5-18(24(23(29)30)10-3-11-24)14-20(21)27-22-7-4-17(15-25)16-26-22;1-16(2)28(15-18-4-5-18)22-21(27-20-8-6-17(13-25)7-9-20)12-19(14-26-22)24(23(29)30)10-3-11-24;1-2-27(18-8-12-30-13-9-18)20-6-4-16(23(22(28)29)10-3-11-23)14-19(20)26-21-7-5-17(24)15-25-21/h6-7,14-16,19,27H,3-5,8-13H2,1-2H3,(H,29,30);4-7,14,16,19H,2-3,8-13H2,1H3,(H,26,27)(H,29,30);6-9,12,14,16,18,27H,3-5,10-11,15H2,1-2H3,(H,29,30);4-7,14-15,18H,2-3,8-13H2,1H3,(H,25,26)(H,28,29). The van der Waals surface area contributed by atoms with Crippen LogP contribution in [0.4, 0.5) is 68.6 Å². The highest BCUT2D eigenvalue weighted by Crippen LogP contribution is 2.51. The van der Waals surface area contributed by atoms with E-state index < -0.39 is 45.5 Å². The number of nitrogens with zero attached hydrogens (tertiary/aromatic N) is 11. The van der Waals surface area contributed by atoms with Gasteiger partial charge in [-0.3, -0.25) is 19.2 Å². The van der Waals surface area contributed by atoms with Crippen molar-refractivity contribution in [2.45, 2.75) is 216 Å². The third-order valence-electron chi connectivity index (χ3n) is 26.0. The molecule has 123 heavy (non-hydrogen) atoms. The van der Waals surface area contributed by atoms with E-state index in [1.165, 1.54) is 19.0 Å². The number of aromatic nitrogens is 5. The Hall–Kier alpha value is -11.4. The number of ether oxygens (including phenoxy) is 4. The van der Waals surface area contributed by atoms with Crippen LogP contribution in [0.25, 0.3) is 0 Å². The van der Waals surface area contributed by atoms with Crippen LogP contribution >= 0.6 is 11.6 Å². The molecule has 4 aromatic heterocycles. The van der Waals surface area contributed by atoms with Gasteiger partial charge >= 0.3 is 29.9 Å². The molecule has 8 N–H and O–H groups in total. The van der Waals surface area contributed by atoms with Gasteiger partial charge < -0.3 is 80.2 Å². The van der Waals surface area contributed by atoms with Crippen molar-refractivity contribution in [3.63, 3.8) is 0 Å². The molecule has 5 saturated carbocycles. The summed E-state index contributed by atoms with van der Waals surface area (Å²) in [6, 6.07) is 40.5. The van der Waals surface area contributed by atoms with Gasteiger partial charge in [0.25, 0.3) is 0 Å². The first-order valence-corrected chi connectivity index (χ1v) is 44.2. The molecule has 3 aliphatic heterocycles. The molecule has 16 rings (SSSR count). The fourth-order valence-corrected chi connectivity index (χ4v) is 18.1. The Morgan fingerprint density at radius 2 is 0.837 bits per heavy atom. The first kappa shape index (κ1) is 89.4. The number of carboxylic acids is 4. The predicted octanol–water partition coefficient (Wildman–Crippen LogP) is 18.2. The van der Waals surface area contributed by atoms with E-state index in [4.69, 9.17) is 46.1 Å². The summed E-state index contributed by atoms with van der Waals surface area (Å²) in [5.41, 5.74) is 9.31. The molecule has 7 heterocycles. The Bertz CT molecular complexity index is 5010. The third kappa shape index (κ3) is 20.5. The van der Waals surface area contributed by atoms with Gasteiger partial charge in [0.1, 0.15) is 17.7 Å². The summed E-state index contributed by atoms with van der Waals surface area (Å²) in [7, 11) is 0. The number of nitriles is 2. The maximum absolute atomic E-state index is 12.1. The van der Waals surface area contributed by atoms with Crippen molar-refractivity contribution in [1.82, 2.24) is 24.9 Å². The molecule has 8 aliphatic rings. The van der Waals surface area contributed by atoms with Gasteiger partial charge in [-0.15, -0.1) is 0 Å². The zero-order valence-electron chi connectivity index (χ0n) is 71.4. The van der Waals surface area contributed by atoms with Crippen LogP contribution in [0.1, 0.15) is 203 Å². The lowest BCUT2D eigenvalue weighted by Gasteiger charge is -2.40. The number of hydrogen-bond acceptors (Lipinski definition) is 23. The summed E-state index contributed by atoms with van der Waals surface area (Å²) in [6.45, 7) is 21.2. The number of halogens is 1. The molecule has 4 aromatic carbocycles. The fourth-order valence-electron chi connectivity index (χ4n) is 18.0. The van der Waals surface area contributed by atoms with Crippen molar-refractivity contribution in [2.24, 2.45) is 5.92 Å². The first-order chi connectivity index (χ1) is 59.6.